The summed E-state index contributed by atoms with van der Waals surface area (Å²) < 4.78 is 11.5. The third-order valence-corrected chi connectivity index (χ3v) is 4.86. The molecule has 1 N–H and O–H groups in total. The molecule has 0 aliphatic carbocycles. The maximum atomic E-state index is 5.85. The standard InChI is InChI=1S/C17H34N2O2/c1-4-21-16-6-5-9-19(12-16)14-17(13-18-15(2)3)7-10-20-11-8-17/h15-16,18H,4-14H2,1-3H3. The molecular weight excluding hydrogens is 264 g/mol. The summed E-state index contributed by atoms with van der Waals surface area (Å²) in [4.78, 5) is 2.64. The summed E-state index contributed by atoms with van der Waals surface area (Å²) >= 11 is 0. The van der Waals surface area contributed by atoms with E-state index >= 15 is 0 Å². The number of piperidine rings is 1. The fourth-order valence-electron chi connectivity index (χ4n) is 3.62. The van der Waals surface area contributed by atoms with Crippen LogP contribution in [0.25, 0.3) is 0 Å². The van der Waals surface area contributed by atoms with Gasteiger partial charge in [-0.3, -0.25) is 0 Å². The van der Waals surface area contributed by atoms with Gasteiger partial charge in [0.25, 0.3) is 0 Å². The second-order valence-electron chi connectivity index (χ2n) is 7.10. The highest BCUT2D eigenvalue weighted by Gasteiger charge is 2.35. The Kier molecular flexibility index (Phi) is 6.93. The van der Waals surface area contributed by atoms with E-state index in [1.807, 2.05) is 0 Å². The summed E-state index contributed by atoms with van der Waals surface area (Å²) in [5.41, 5.74) is 0.386. The van der Waals surface area contributed by atoms with E-state index in [0.717, 1.165) is 32.9 Å². The van der Waals surface area contributed by atoms with Gasteiger partial charge in [-0.2, -0.15) is 0 Å². The average Bonchev–Trinajstić information content (AvgIpc) is 2.47. The molecule has 2 heterocycles. The van der Waals surface area contributed by atoms with Gasteiger partial charge >= 0.3 is 0 Å². The van der Waals surface area contributed by atoms with E-state index in [4.69, 9.17) is 9.47 Å². The lowest BCUT2D eigenvalue weighted by atomic mass is 9.79. The molecular formula is C17H34N2O2. The van der Waals surface area contributed by atoms with Gasteiger partial charge in [-0.15, -0.1) is 0 Å². The minimum atomic E-state index is 0.386. The molecule has 21 heavy (non-hydrogen) atoms. The van der Waals surface area contributed by atoms with Crippen LogP contribution in [0.15, 0.2) is 0 Å². The molecule has 0 radical (unpaired) electrons. The average molecular weight is 298 g/mol. The Balaban J connectivity index is 1.90. The number of hydrogen-bond acceptors (Lipinski definition) is 4. The van der Waals surface area contributed by atoms with Gasteiger partial charge in [-0.1, -0.05) is 13.8 Å². The molecule has 2 aliphatic heterocycles. The first-order chi connectivity index (χ1) is 10.1. The molecule has 2 saturated heterocycles. The molecule has 0 amide bonds. The van der Waals surface area contributed by atoms with Gasteiger partial charge in [0.15, 0.2) is 0 Å². The van der Waals surface area contributed by atoms with Crippen molar-refractivity contribution in [3.05, 3.63) is 0 Å². The van der Waals surface area contributed by atoms with E-state index in [-0.39, 0.29) is 0 Å². The van der Waals surface area contributed by atoms with Crippen molar-refractivity contribution in [2.75, 3.05) is 46.0 Å². The van der Waals surface area contributed by atoms with E-state index in [1.165, 1.54) is 38.8 Å². The van der Waals surface area contributed by atoms with Crippen molar-refractivity contribution in [2.45, 2.75) is 58.6 Å². The second kappa shape index (κ2) is 8.47. The topological polar surface area (TPSA) is 33.7 Å². The first-order valence-corrected chi connectivity index (χ1v) is 8.79. The van der Waals surface area contributed by atoms with Crippen molar-refractivity contribution in [1.82, 2.24) is 10.2 Å². The highest BCUT2D eigenvalue weighted by atomic mass is 16.5. The highest BCUT2D eigenvalue weighted by Crippen LogP contribution is 2.32. The van der Waals surface area contributed by atoms with E-state index in [2.05, 4.69) is 31.0 Å². The molecule has 0 bridgehead atoms. The van der Waals surface area contributed by atoms with Crippen molar-refractivity contribution in [3.63, 3.8) is 0 Å². The van der Waals surface area contributed by atoms with Gasteiger partial charge in [0.05, 0.1) is 6.10 Å². The Morgan fingerprint density at radius 3 is 2.76 bits per heavy atom. The van der Waals surface area contributed by atoms with Crippen molar-refractivity contribution in [3.8, 4) is 0 Å². The molecule has 0 saturated carbocycles. The lowest BCUT2D eigenvalue weighted by molar-refractivity contribution is -0.0354. The predicted molar refractivity (Wildman–Crippen MR) is 86.7 cm³/mol. The van der Waals surface area contributed by atoms with E-state index in [1.54, 1.807) is 0 Å². The Hall–Kier alpha value is -0.160. The van der Waals surface area contributed by atoms with Crippen molar-refractivity contribution in [2.24, 2.45) is 5.41 Å². The molecule has 0 aromatic rings. The van der Waals surface area contributed by atoms with Crippen LogP contribution in [0.3, 0.4) is 0 Å². The monoisotopic (exact) mass is 298 g/mol. The summed E-state index contributed by atoms with van der Waals surface area (Å²) in [6.45, 7) is 13.9. The van der Waals surface area contributed by atoms with Crippen LogP contribution in [-0.4, -0.2) is 63.0 Å². The summed E-state index contributed by atoms with van der Waals surface area (Å²) in [5.74, 6) is 0. The molecule has 0 aromatic heterocycles. The predicted octanol–water partition coefficient (Wildman–Crippen LogP) is 2.28. The Morgan fingerprint density at radius 1 is 1.33 bits per heavy atom. The smallest absolute Gasteiger partial charge is 0.0702 e. The summed E-state index contributed by atoms with van der Waals surface area (Å²) in [7, 11) is 0. The largest absolute Gasteiger partial charge is 0.381 e. The molecule has 0 spiro atoms. The van der Waals surface area contributed by atoms with Crippen LogP contribution in [0, 0.1) is 5.41 Å². The number of likely N-dealkylation sites (tertiary alicyclic amines) is 1. The third-order valence-electron chi connectivity index (χ3n) is 4.86. The highest BCUT2D eigenvalue weighted by molar-refractivity contribution is 4.89. The van der Waals surface area contributed by atoms with Crippen LogP contribution in [-0.2, 0) is 9.47 Å². The van der Waals surface area contributed by atoms with Gasteiger partial charge in [-0.25, -0.2) is 0 Å². The first-order valence-electron chi connectivity index (χ1n) is 8.79. The summed E-state index contributed by atoms with van der Waals surface area (Å²) in [6.07, 6.45) is 5.31. The van der Waals surface area contributed by atoms with Crippen molar-refractivity contribution >= 4 is 0 Å². The Bertz CT molecular complexity index is 289. The quantitative estimate of drug-likeness (QED) is 0.782. The van der Waals surface area contributed by atoms with Crippen LogP contribution >= 0.6 is 0 Å². The fraction of sp³-hybridized carbons (Fsp3) is 1.00. The van der Waals surface area contributed by atoms with Crippen molar-refractivity contribution in [1.29, 1.82) is 0 Å². The first kappa shape index (κ1) is 17.2. The third kappa shape index (κ3) is 5.51. The second-order valence-corrected chi connectivity index (χ2v) is 7.10. The van der Waals surface area contributed by atoms with Crippen molar-refractivity contribution < 1.29 is 9.47 Å². The molecule has 4 heteroatoms. The Labute approximate surface area is 130 Å². The van der Waals surface area contributed by atoms with Gasteiger partial charge in [0.1, 0.15) is 0 Å². The number of ether oxygens (including phenoxy) is 2. The maximum Gasteiger partial charge on any atom is 0.0702 e. The zero-order valence-corrected chi connectivity index (χ0v) is 14.2. The number of rotatable bonds is 7. The van der Waals surface area contributed by atoms with Gasteiger partial charge < -0.3 is 19.7 Å². The fourth-order valence-corrected chi connectivity index (χ4v) is 3.62. The normalized spacial score (nSPS) is 27.1. The molecule has 1 atom stereocenters. The number of hydrogen-bond donors (Lipinski definition) is 1. The van der Waals surface area contributed by atoms with Crippen LogP contribution in [0.4, 0.5) is 0 Å². The van der Waals surface area contributed by atoms with E-state index in [0.29, 0.717) is 17.6 Å². The van der Waals surface area contributed by atoms with Crippen LogP contribution in [0.5, 0.6) is 0 Å². The van der Waals surface area contributed by atoms with Gasteiger partial charge in [-0.05, 0) is 44.6 Å². The van der Waals surface area contributed by atoms with Gasteiger partial charge in [0, 0.05) is 45.5 Å². The lowest BCUT2D eigenvalue weighted by Gasteiger charge is -2.44. The molecule has 2 aliphatic rings. The zero-order chi connectivity index (χ0) is 15.1. The molecule has 124 valence electrons. The molecule has 1 unspecified atom stereocenters. The number of nitrogens with zero attached hydrogens (tertiary/aromatic N) is 1. The maximum absolute atomic E-state index is 5.85. The minimum Gasteiger partial charge on any atom is -0.381 e. The van der Waals surface area contributed by atoms with Crippen LogP contribution in [0.2, 0.25) is 0 Å². The molecule has 2 rings (SSSR count). The van der Waals surface area contributed by atoms with Crippen LogP contribution in [0.1, 0.15) is 46.5 Å². The van der Waals surface area contributed by atoms with E-state index < -0.39 is 0 Å². The van der Waals surface area contributed by atoms with E-state index in [9.17, 15) is 0 Å². The van der Waals surface area contributed by atoms with Crippen LogP contribution < -0.4 is 5.32 Å². The molecule has 0 aromatic carbocycles. The summed E-state index contributed by atoms with van der Waals surface area (Å²) in [6, 6.07) is 0.558. The van der Waals surface area contributed by atoms with Gasteiger partial charge in [0.2, 0.25) is 0 Å². The zero-order valence-electron chi connectivity index (χ0n) is 14.2. The summed E-state index contributed by atoms with van der Waals surface area (Å²) in [5, 5.41) is 3.67. The SMILES string of the molecule is CCOC1CCCN(CC2(CNC(C)C)CCOCC2)C1. The molecule has 2 fully saturated rings. The Morgan fingerprint density at radius 2 is 2.10 bits per heavy atom. The molecule has 4 nitrogen and oxygen atoms in total. The minimum absolute atomic E-state index is 0.386. The number of nitrogens with one attached hydrogen (secondary N) is 1. The lowest BCUT2D eigenvalue weighted by Crippen LogP contribution is -2.51.